The van der Waals surface area contributed by atoms with E-state index in [-0.39, 0.29) is 5.91 Å². The third-order valence-electron chi connectivity index (χ3n) is 5.79. The molecular formula is C30H31N3O4S. The van der Waals surface area contributed by atoms with Gasteiger partial charge in [0, 0.05) is 35.6 Å². The predicted molar refractivity (Wildman–Crippen MR) is 155 cm³/mol. The minimum Gasteiger partial charge on any atom is -0.497 e. The summed E-state index contributed by atoms with van der Waals surface area (Å²) in [6, 6.07) is 29.1. The molecule has 0 fully saturated rings. The summed E-state index contributed by atoms with van der Waals surface area (Å²) < 4.78 is 19.7. The number of methoxy groups -OCH3 is 3. The summed E-state index contributed by atoms with van der Waals surface area (Å²) >= 11 is 1.48. The predicted octanol–water partition coefficient (Wildman–Crippen LogP) is 6.34. The molecular weight excluding hydrogens is 498 g/mol. The van der Waals surface area contributed by atoms with Crippen molar-refractivity contribution >= 4 is 29.2 Å². The van der Waals surface area contributed by atoms with Gasteiger partial charge in [0.1, 0.15) is 17.2 Å². The number of carbonyl (C=O) groups excluding carboxylic acids is 1. The van der Waals surface area contributed by atoms with Crippen LogP contribution < -0.4 is 29.6 Å². The maximum Gasteiger partial charge on any atom is 0.251 e. The molecule has 0 atom stereocenters. The van der Waals surface area contributed by atoms with Gasteiger partial charge >= 0.3 is 0 Å². The molecule has 0 bridgehead atoms. The monoisotopic (exact) mass is 529 g/mol. The van der Waals surface area contributed by atoms with E-state index in [9.17, 15) is 4.79 Å². The van der Waals surface area contributed by atoms with Gasteiger partial charge < -0.3 is 29.6 Å². The Labute approximate surface area is 227 Å². The number of benzene rings is 4. The van der Waals surface area contributed by atoms with E-state index >= 15 is 0 Å². The number of hydrogen-bond acceptors (Lipinski definition) is 7. The standard InChI is InChI=1S/C30H31N3O4S/c1-35-25-11-6-8-22(18-25)30(34)32-17-16-31-23-9-7-10-24(20-23)33-38-29-19-21(14-15-28(29)37-3)26-12-4-5-13-27(26)36-2/h4-15,18-20,31,33H,16-17H2,1-3H3,(H,32,34). The smallest absolute Gasteiger partial charge is 0.251 e. The first kappa shape index (κ1) is 26.8. The van der Waals surface area contributed by atoms with Crippen molar-refractivity contribution in [2.45, 2.75) is 4.90 Å². The molecule has 0 saturated carbocycles. The van der Waals surface area contributed by atoms with Crippen LogP contribution in [0.4, 0.5) is 11.4 Å². The highest BCUT2D eigenvalue weighted by Crippen LogP contribution is 2.37. The zero-order chi connectivity index (χ0) is 26.7. The van der Waals surface area contributed by atoms with Crippen LogP contribution in [0, 0.1) is 0 Å². The summed E-state index contributed by atoms with van der Waals surface area (Å²) in [6.45, 7) is 1.07. The summed E-state index contributed by atoms with van der Waals surface area (Å²) in [5, 5.41) is 6.27. The third-order valence-corrected chi connectivity index (χ3v) is 6.67. The lowest BCUT2D eigenvalue weighted by Gasteiger charge is -2.14. The van der Waals surface area contributed by atoms with Crippen LogP contribution in [0.1, 0.15) is 10.4 Å². The number of carbonyl (C=O) groups is 1. The molecule has 0 saturated heterocycles. The van der Waals surface area contributed by atoms with Gasteiger partial charge in [0.2, 0.25) is 0 Å². The fraction of sp³-hybridized carbons (Fsp3) is 0.167. The van der Waals surface area contributed by atoms with E-state index in [1.165, 1.54) is 11.9 Å². The highest BCUT2D eigenvalue weighted by atomic mass is 32.2. The van der Waals surface area contributed by atoms with E-state index in [1.54, 1.807) is 39.5 Å². The first-order valence-corrected chi connectivity index (χ1v) is 12.9. The second-order valence-electron chi connectivity index (χ2n) is 8.27. The van der Waals surface area contributed by atoms with Gasteiger partial charge in [0.25, 0.3) is 5.91 Å². The fourth-order valence-electron chi connectivity index (χ4n) is 3.86. The number of hydrogen-bond donors (Lipinski definition) is 3. The lowest BCUT2D eigenvalue weighted by molar-refractivity contribution is 0.0955. The Morgan fingerprint density at radius 2 is 1.53 bits per heavy atom. The SMILES string of the molecule is COc1cccc(C(=O)NCCNc2cccc(NSc3cc(-c4ccccc4OC)ccc3OC)c2)c1. The van der Waals surface area contributed by atoms with Crippen LogP contribution in [0.5, 0.6) is 17.2 Å². The molecule has 0 spiro atoms. The largest absolute Gasteiger partial charge is 0.497 e. The van der Waals surface area contributed by atoms with Gasteiger partial charge in [-0.2, -0.15) is 0 Å². The van der Waals surface area contributed by atoms with E-state index in [1.807, 2.05) is 66.7 Å². The molecule has 196 valence electrons. The Morgan fingerprint density at radius 1 is 0.737 bits per heavy atom. The molecule has 3 N–H and O–H groups in total. The van der Waals surface area contributed by atoms with Crippen molar-refractivity contribution in [1.29, 1.82) is 0 Å². The number of ether oxygens (including phenoxy) is 3. The molecule has 0 aliphatic carbocycles. The third kappa shape index (κ3) is 6.92. The van der Waals surface area contributed by atoms with Crippen molar-refractivity contribution < 1.29 is 19.0 Å². The molecule has 8 heteroatoms. The van der Waals surface area contributed by atoms with Crippen LogP contribution in [0.15, 0.2) is 95.9 Å². The average molecular weight is 530 g/mol. The summed E-state index contributed by atoms with van der Waals surface area (Å²) in [4.78, 5) is 13.3. The van der Waals surface area contributed by atoms with Crippen LogP contribution in [0.25, 0.3) is 11.1 Å². The van der Waals surface area contributed by atoms with Gasteiger partial charge in [-0.25, -0.2) is 0 Å². The summed E-state index contributed by atoms with van der Waals surface area (Å²) in [5.74, 6) is 2.12. The van der Waals surface area contributed by atoms with Crippen LogP contribution in [0.3, 0.4) is 0 Å². The van der Waals surface area contributed by atoms with Crippen LogP contribution in [-0.4, -0.2) is 40.3 Å². The topological polar surface area (TPSA) is 80.9 Å². The van der Waals surface area contributed by atoms with Crippen molar-refractivity contribution in [2.24, 2.45) is 0 Å². The Kier molecular flexibility index (Phi) is 9.37. The first-order valence-electron chi connectivity index (χ1n) is 12.1. The number of amides is 1. The zero-order valence-corrected chi connectivity index (χ0v) is 22.4. The summed E-state index contributed by atoms with van der Waals surface area (Å²) in [6.07, 6.45) is 0. The molecule has 4 aromatic rings. The van der Waals surface area contributed by atoms with Gasteiger partial charge in [-0.15, -0.1) is 0 Å². The maximum absolute atomic E-state index is 12.4. The molecule has 38 heavy (non-hydrogen) atoms. The molecule has 0 aromatic heterocycles. The quantitative estimate of drug-likeness (QED) is 0.146. The second-order valence-corrected chi connectivity index (χ2v) is 9.11. The van der Waals surface area contributed by atoms with E-state index in [2.05, 4.69) is 21.4 Å². The van der Waals surface area contributed by atoms with Crippen molar-refractivity contribution in [3.63, 3.8) is 0 Å². The lowest BCUT2D eigenvalue weighted by Crippen LogP contribution is -2.28. The maximum atomic E-state index is 12.4. The molecule has 1 amide bonds. The Morgan fingerprint density at radius 3 is 2.34 bits per heavy atom. The number of nitrogens with one attached hydrogen (secondary N) is 3. The van der Waals surface area contributed by atoms with Crippen molar-refractivity contribution in [2.75, 3.05) is 44.5 Å². The van der Waals surface area contributed by atoms with Crippen molar-refractivity contribution in [3.05, 3.63) is 96.6 Å². The highest BCUT2D eigenvalue weighted by molar-refractivity contribution is 8.00. The zero-order valence-electron chi connectivity index (χ0n) is 21.6. The van der Waals surface area contributed by atoms with Gasteiger partial charge in [0.05, 0.1) is 26.2 Å². The Balaban J connectivity index is 1.34. The van der Waals surface area contributed by atoms with E-state index in [4.69, 9.17) is 14.2 Å². The minimum absolute atomic E-state index is 0.137. The number of para-hydroxylation sites is 1. The second kappa shape index (κ2) is 13.3. The van der Waals surface area contributed by atoms with Gasteiger partial charge in [-0.05, 0) is 72.1 Å². The normalized spacial score (nSPS) is 10.4. The van der Waals surface area contributed by atoms with E-state index < -0.39 is 0 Å². The Bertz CT molecular complexity index is 1380. The molecule has 0 aliphatic rings. The molecule has 0 aliphatic heterocycles. The van der Waals surface area contributed by atoms with Crippen molar-refractivity contribution in [3.8, 4) is 28.4 Å². The van der Waals surface area contributed by atoms with Gasteiger partial charge in [-0.1, -0.05) is 36.4 Å². The molecule has 0 radical (unpaired) electrons. The van der Waals surface area contributed by atoms with Gasteiger partial charge in [-0.3, -0.25) is 4.79 Å². The molecule has 4 rings (SSSR count). The molecule has 0 heterocycles. The lowest BCUT2D eigenvalue weighted by atomic mass is 10.0. The van der Waals surface area contributed by atoms with Crippen LogP contribution >= 0.6 is 11.9 Å². The van der Waals surface area contributed by atoms with E-state index in [0.29, 0.717) is 24.4 Å². The van der Waals surface area contributed by atoms with Crippen molar-refractivity contribution in [1.82, 2.24) is 5.32 Å². The highest BCUT2D eigenvalue weighted by Gasteiger charge is 2.11. The van der Waals surface area contributed by atoms with Gasteiger partial charge in [0.15, 0.2) is 0 Å². The average Bonchev–Trinajstić information content (AvgIpc) is 2.98. The first-order chi connectivity index (χ1) is 18.6. The van der Waals surface area contributed by atoms with Crippen LogP contribution in [-0.2, 0) is 0 Å². The fourth-order valence-corrected chi connectivity index (χ4v) is 4.66. The summed E-state index contributed by atoms with van der Waals surface area (Å²) in [5.41, 5.74) is 4.51. The number of anilines is 2. The summed E-state index contributed by atoms with van der Waals surface area (Å²) in [7, 11) is 4.92. The molecule has 4 aromatic carbocycles. The molecule has 7 nitrogen and oxygen atoms in total. The number of rotatable bonds is 12. The van der Waals surface area contributed by atoms with Crippen LogP contribution in [0.2, 0.25) is 0 Å². The molecule has 0 unspecified atom stereocenters. The minimum atomic E-state index is -0.137. The van der Waals surface area contributed by atoms with E-state index in [0.717, 1.165) is 38.9 Å². The Hall–Kier alpha value is -4.30.